The van der Waals surface area contributed by atoms with Gasteiger partial charge in [0.1, 0.15) is 18.0 Å². The average Bonchev–Trinajstić information content (AvgIpc) is 3.18. The van der Waals surface area contributed by atoms with Crippen LogP contribution < -0.4 is 0 Å². The second-order valence-electron chi connectivity index (χ2n) is 10.3. The Bertz CT molecular complexity index is 1200. The number of aliphatic hydroxyl groups is 2. The van der Waals surface area contributed by atoms with Crippen molar-refractivity contribution in [2.24, 2.45) is 5.41 Å². The predicted molar refractivity (Wildman–Crippen MR) is 113 cm³/mol. The number of aromatic nitrogens is 4. The summed E-state index contributed by atoms with van der Waals surface area (Å²) < 4.78 is 61.5. The number of tetrazole rings is 1. The Balaban J connectivity index is 1.47. The lowest BCUT2D eigenvalue weighted by Gasteiger charge is -2.74. The number of hydrogen-bond acceptors (Lipinski definition) is 5. The van der Waals surface area contributed by atoms with Gasteiger partial charge in [0, 0.05) is 17.0 Å². The lowest BCUT2D eigenvalue weighted by molar-refractivity contribution is -0.347. The molecular weight excluding hydrogens is 452 g/mol. The second-order valence-corrected chi connectivity index (χ2v) is 10.3. The molecule has 0 saturated heterocycles. The first-order valence-corrected chi connectivity index (χ1v) is 10.9. The van der Waals surface area contributed by atoms with E-state index in [0.29, 0.717) is 11.6 Å². The third-order valence-electron chi connectivity index (χ3n) is 7.58. The van der Waals surface area contributed by atoms with Crippen LogP contribution in [0.15, 0.2) is 48.8 Å². The zero-order valence-corrected chi connectivity index (χ0v) is 18.6. The third-order valence-corrected chi connectivity index (χ3v) is 7.58. The van der Waals surface area contributed by atoms with Crippen LogP contribution in [0.3, 0.4) is 0 Å². The molecule has 2 aromatic carbocycles. The molecule has 0 spiro atoms. The van der Waals surface area contributed by atoms with Crippen molar-refractivity contribution in [2.45, 2.75) is 62.2 Å². The number of nitrogens with zero attached hydrogens (tertiary/aromatic N) is 4. The van der Waals surface area contributed by atoms with Crippen molar-refractivity contribution in [3.8, 4) is 0 Å². The predicted octanol–water partition coefficient (Wildman–Crippen LogP) is 3.82. The first-order chi connectivity index (χ1) is 15.8. The van der Waals surface area contributed by atoms with E-state index < -0.39 is 51.7 Å². The van der Waals surface area contributed by atoms with E-state index in [0.717, 1.165) is 28.7 Å². The Morgan fingerprint density at radius 3 is 2.18 bits per heavy atom. The molecule has 3 saturated carbocycles. The molecule has 0 amide bonds. The van der Waals surface area contributed by atoms with Gasteiger partial charge in [-0.1, -0.05) is 24.3 Å². The Morgan fingerprint density at radius 1 is 1.00 bits per heavy atom. The highest BCUT2D eigenvalue weighted by molar-refractivity contribution is 5.44. The molecule has 1 unspecified atom stereocenters. The molecule has 6 nitrogen and oxygen atoms in total. The van der Waals surface area contributed by atoms with E-state index in [4.69, 9.17) is 0 Å². The van der Waals surface area contributed by atoms with Crippen molar-refractivity contribution < 1.29 is 27.8 Å². The van der Waals surface area contributed by atoms with E-state index in [2.05, 4.69) is 15.5 Å². The summed E-state index contributed by atoms with van der Waals surface area (Å²) in [5.74, 6) is -5.97. The molecule has 3 fully saturated rings. The second kappa shape index (κ2) is 7.08. The van der Waals surface area contributed by atoms with Crippen LogP contribution in [0.4, 0.5) is 17.6 Å². The SMILES string of the molecule is CC(C)(O)c1ccc(C23CC(C(F)(F)C(O)(Cn4cnnn4)c4ccc(F)cc4F)(C2)C3)cc1. The summed E-state index contributed by atoms with van der Waals surface area (Å²) in [6.07, 6.45) is 1.37. The van der Waals surface area contributed by atoms with Crippen molar-refractivity contribution in [2.75, 3.05) is 0 Å². The van der Waals surface area contributed by atoms with E-state index in [-0.39, 0.29) is 19.3 Å². The van der Waals surface area contributed by atoms with Crippen molar-refractivity contribution in [1.29, 1.82) is 0 Å². The number of alkyl halides is 2. The topological polar surface area (TPSA) is 84.1 Å². The standard InChI is InChI=1S/C24H24F4N4O2/c1-20(2,33)15-3-5-16(6-4-15)21-10-22(11-21,12-21)24(27,28)23(34,13-32-14-29-30-31-32)18-8-7-17(25)9-19(18)26/h3-9,14,33-34H,10-13H2,1-2H3. The molecule has 0 aliphatic heterocycles. The summed E-state index contributed by atoms with van der Waals surface area (Å²) in [5.41, 5.74) is -5.14. The van der Waals surface area contributed by atoms with Gasteiger partial charge in [-0.2, -0.15) is 0 Å². The number of benzene rings is 2. The van der Waals surface area contributed by atoms with Gasteiger partial charge in [0.2, 0.25) is 0 Å². The molecule has 6 rings (SSSR count). The molecule has 1 atom stereocenters. The van der Waals surface area contributed by atoms with Crippen LogP contribution in [-0.2, 0) is 23.2 Å². The molecule has 3 aromatic rings. The zero-order chi connectivity index (χ0) is 24.6. The van der Waals surface area contributed by atoms with Gasteiger partial charge in [-0.05, 0) is 72.2 Å². The molecule has 2 bridgehead atoms. The Kier molecular flexibility index (Phi) is 4.77. The van der Waals surface area contributed by atoms with Crippen LogP contribution in [0.5, 0.6) is 0 Å². The Labute approximate surface area is 193 Å². The van der Waals surface area contributed by atoms with E-state index in [9.17, 15) is 19.0 Å². The first-order valence-electron chi connectivity index (χ1n) is 10.9. The van der Waals surface area contributed by atoms with Crippen LogP contribution in [0.25, 0.3) is 0 Å². The fourth-order valence-corrected chi connectivity index (χ4v) is 5.76. The average molecular weight is 476 g/mol. The van der Waals surface area contributed by atoms with Gasteiger partial charge < -0.3 is 10.2 Å². The monoisotopic (exact) mass is 476 g/mol. The van der Waals surface area contributed by atoms with Crippen molar-refractivity contribution in [1.82, 2.24) is 20.2 Å². The largest absolute Gasteiger partial charge is 0.386 e. The highest BCUT2D eigenvalue weighted by Crippen LogP contribution is 2.80. The maximum atomic E-state index is 16.2. The minimum Gasteiger partial charge on any atom is -0.386 e. The first kappa shape index (κ1) is 22.9. The fraction of sp³-hybridized carbons (Fsp3) is 0.458. The fourth-order valence-electron chi connectivity index (χ4n) is 5.76. The molecule has 2 N–H and O–H groups in total. The van der Waals surface area contributed by atoms with Crippen molar-refractivity contribution in [3.05, 3.63) is 77.1 Å². The molecular formula is C24H24F4N4O2. The number of hydrogen-bond donors (Lipinski definition) is 2. The molecule has 1 aromatic heterocycles. The summed E-state index contributed by atoms with van der Waals surface area (Å²) in [7, 11) is 0. The van der Waals surface area contributed by atoms with E-state index in [1.54, 1.807) is 26.0 Å². The van der Waals surface area contributed by atoms with Crippen LogP contribution in [0.1, 0.15) is 49.8 Å². The minimum absolute atomic E-state index is 0.107. The summed E-state index contributed by atoms with van der Waals surface area (Å²) in [5, 5.41) is 31.9. The van der Waals surface area contributed by atoms with E-state index >= 15 is 8.78 Å². The highest BCUT2D eigenvalue weighted by atomic mass is 19.3. The van der Waals surface area contributed by atoms with Gasteiger partial charge in [-0.15, -0.1) is 5.10 Å². The summed E-state index contributed by atoms with van der Waals surface area (Å²) in [6.45, 7) is 2.53. The molecule has 0 radical (unpaired) electrons. The van der Waals surface area contributed by atoms with E-state index in [1.165, 1.54) is 0 Å². The quantitative estimate of drug-likeness (QED) is 0.507. The number of halogens is 4. The lowest BCUT2D eigenvalue weighted by Crippen LogP contribution is -2.76. The van der Waals surface area contributed by atoms with Crippen molar-refractivity contribution in [3.63, 3.8) is 0 Å². The van der Waals surface area contributed by atoms with Crippen LogP contribution in [0.2, 0.25) is 0 Å². The third kappa shape index (κ3) is 3.11. The summed E-state index contributed by atoms with van der Waals surface area (Å²) >= 11 is 0. The normalized spacial score (nSPS) is 25.9. The van der Waals surface area contributed by atoms with E-state index in [1.807, 2.05) is 12.1 Å². The molecule has 1 heterocycles. The molecule has 3 aliphatic rings. The van der Waals surface area contributed by atoms with Gasteiger partial charge in [0.25, 0.3) is 5.92 Å². The summed E-state index contributed by atoms with van der Waals surface area (Å²) in [6, 6.07) is 9.39. The lowest BCUT2D eigenvalue weighted by atomic mass is 9.30. The van der Waals surface area contributed by atoms with Crippen LogP contribution in [-0.4, -0.2) is 36.3 Å². The zero-order valence-electron chi connectivity index (χ0n) is 18.6. The molecule has 34 heavy (non-hydrogen) atoms. The summed E-state index contributed by atoms with van der Waals surface area (Å²) in [4.78, 5) is 0. The maximum Gasteiger partial charge on any atom is 0.287 e. The van der Waals surface area contributed by atoms with Crippen LogP contribution in [0, 0.1) is 17.0 Å². The Hall–Kier alpha value is -2.85. The Morgan fingerprint density at radius 2 is 1.65 bits per heavy atom. The van der Waals surface area contributed by atoms with Gasteiger partial charge >= 0.3 is 0 Å². The molecule has 10 heteroatoms. The molecule has 180 valence electrons. The number of rotatable bonds is 7. The van der Waals surface area contributed by atoms with Crippen LogP contribution >= 0.6 is 0 Å². The molecule has 3 aliphatic carbocycles. The highest BCUT2D eigenvalue weighted by Gasteiger charge is 2.82. The minimum atomic E-state index is -3.76. The van der Waals surface area contributed by atoms with Crippen molar-refractivity contribution >= 4 is 0 Å². The van der Waals surface area contributed by atoms with Gasteiger partial charge in [-0.3, -0.25) is 0 Å². The maximum absolute atomic E-state index is 16.2. The van der Waals surface area contributed by atoms with Gasteiger partial charge in [0.05, 0.1) is 12.1 Å². The van der Waals surface area contributed by atoms with Gasteiger partial charge in [-0.25, -0.2) is 22.2 Å². The van der Waals surface area contributed by atoms with Gasteiger partial charge in [0.15, 0.2) is 5.60 Å². The smallest absolute Gasteiger partial charge is 0.287 e.